The SMILES string of the molecule is NNc1nnc(N)s1. The summed E-state index contributed by atoms with van der Waals surface area (Å²) in [6.07, 6.45) is 0. The Labute approximate surface area is 49.7 Å². The largest absolute Gasteiger partial charge is 0.374 e. The maximum Gasteiger partial charge on any atom is 0.221 e. The molecule has 5 nitrogen and oxygen atoms in total. The Morgan fingerprint density at radius 1 is 1.50 bits per heavy atom. The Balaban J connectivity index is 2.84. The average molecular weight is 131 g/mol. The molecule has 0 aliphatic heterocycles. The van der Waals surface area contributed by atoms with Gasteiger partial charge in [-0.05, 0) is 0 Å². The molecule has 1 rings (SSSR count). The first kappa shape index (κ1) is 5.26. The number of nitrogens with two attached hydrogens (primary N) is 2. The summed E-state index contributed by atoms with van der Waals surface area (Å²) < 4.78 is 0. The van der Waals surface area contributed by atoms with Crippen molar-refractivity contribution in [3.05, 3.63) is 0 Å². The third kappa shape index (κ3) is 0.849. The number of aromatic nitrogens is 2. The van der Waals surface area contributed by atoms with E-state index in [1.165, 1.54) is 11.3 Å². The Morgan fingerprint density at radius 2 is 2.25 bits per heavy atom. The molecule has 0 amide bonds. The molecule has 0 fully saturated rings. The van der Waals surface area contributed by atoms with Crippen molar-refractivity contribution in [3.8, 4) is 0 Å². The topological polar surface area (TPSA) is 89.8 Å². The Morgan fingerprint density at radius 3 is 2.50 bits per heavy atom. The zero-order valence-corrected chi connectivity index (χ0v) is 4.77. The normalized spacial score (nSPS) is 9.12. The first-order valence-corrected chi connectivity index (χ1v) is 2.70. The lowest BCUT2D eigenvalue weighted by Crippen LogP contribution is -2.05. The second-order valence-electron chi connectivity index (χ2n) is 1.09. The van der Waals surface area contributed by atoms with Crippen LogP contribution in [-0.2, 0) is 0 Å². The average Bonchev–Trinajstić information content (AvgIpc) is 2.14. The van der Waals surface area contributed by atoms with E-state index in [4.69, 9.17) is 11.6 Å². The number of nitrogen functional groups attached to an aromatic ring is 2. The number of hydrogen-bond donors (Lipinski definition) is 3. The van der Waals surface area contributed by atoms with Gasteiger partial charge in [0, 0.05) is 0 Å². The molecule has 0 atom stereocenters. The third-order valence-corrected chi connectivity index (χ3v) is 1.25. The van der Waals surface area contributed by atoms with Crippen molar-refractivity contribution in [1.29, 1.82) is 0 Å². The van der Waals surface area contributed by atoms with Crippen molar-refractivity contribution in [2.75, 3.05) is 11.2 Å². The monoisotopic (exact) mass is 131 g/mol. The standard InChI is InChI=1S/C2H5N5S/c3-1-6-7-2(5-4)8-1/h4H2,(H2,3,6)(H,5,7). The quantitative estimate of drug-likeness (QED) is 0.350. The van der Waals surface area contributed by atoms with Gasteiger partial charge in [0.2, 0.25) is 10.3 Å². The lowest BCUT2D eigenvalue weighted by Gasteiger charge is -1.82. The van der Waals surface area contributed by atoms with Crippen LogP contribution in [0.1, 0.15) is 0 Å². The van der Waals surface area contributed by atoms with E-state index in [1.807, 2.05) is 0 Å². The van der Waals surface area contributed by atoms with Crippen LogP contribution in [0.4, 0.5) is 10.3 Å². The van der Waals surface area contributed by atoms with Crippen LogP contribution in [0.3, 0.4) is 0 Å². The van der Waals surface area contributed by atoms with Gasteiger partial charge in [0.15, 0.2) is 0 Å². The first-order valence-electron chi connectivity index (χ1n) is 1.88. The molecule has 0 aliphatic carbocycles. The Kier molecular flexibility index (Phi) is 1.27. The van der Waals surface area contributed by atoms with Crippen molar-refractivity contribution in [1.82, 2.24) is 10.2 Å². The number of anilines is 2. The van der Waals surface area contributed by atoms with E-state index in [2.05, 4.69) is 15.6 Å². The molecular formula is C2H5N5S. The second-order valence-corrected chi connectivity index (χ2v) is 2.10. The smallest absolute Gasteiger partial charge is 0.221 e. The molecule has 1 aromatic heterocycles. The van der Waals surface area contributed by atoms with Gasteiger partial charge in [-0.15, -0.1) is 10.2 Å². The highest BCUT2D eigenvalue weighted by Gasteiger charge is 1.93. The fourth-order valence-electron chi connectivity index (χ4n) is 0.293. The maximum absolute atomic E-state index is 5.20. The van der Waals surface area contributed by atoms with E-state index in [9.17, 15) is 0 Å². The highest BCUT2D eigenvalue weighted by atomic mass is 32.1. The van der Waals surface area contributed by atoms with E-state index < -0.39 is 0 Å². The number of nitrogens with zero attached hydrogens (tertiary/aromatic N) is 2. The fraction of sp³-hybridized carbons (Fsp3) is 0. The molecule has 0 saturated carbocycles. The number of nitrogens with one attached hydrogen (secondary N) is 1. The van der Waals surface area contributed by atoms with Crippen LogP contribution in [0.5, 0.6) is 0 Å². The summed E-state index contributed by atoms with van der Waals surface area (Å²) >= 11 is 1.21. The van der Waals surface area contributed by atoms with E-state index >= 15 is 0 Å². The number of hydrazine groups is 1. The highest BCUT2D eigenvalue weighted by Crippen LogP contribution is 2.13. The molecular weight excluding hydrogens is 126 g/mol. The van der Waals surface area contributed by atoms with Crippen LogP contribution in [0.15, 0.2) is 0 Å². The Bertz CT molecular complexity index is 171. The van der Waals surface area contributed by atoms with Crippen LogP contribution < -0.4 is 17.0 Å². The lowest BCUT2D eigenvalue weighted by atomic mass is 11.3. The number of hydrogen-bond acceptors (Lipinski definition) is 6. The highest BCUT2D eigenvalue weighted by molar-refractivity contribution is 7.18. The summed E-state index contributed by atoms with van der Waals surface area (Å²) in [6.45, 7) is 0. The summed E-state index contributed by atoms with van der Waals surface area (Å²) in [5.74, 6) is 4.97. The first-order chi connectivity index (χ1) is 3.83. The van der Waals surface area contributed by atoms with Gasteiger partial charge in [-0.1, -0.05) is 11.3 Å². The predicted octanol–water partition coefficient (Wildman–Crippen LogP) is -0.594. The van der Waals surface area contributed by atoms with E-state index in [0.717, 1.165) is 0 Å². The van der Waals surface area contributed by atoms with Crippen molar-refractivity contribution in [2.24, 2.45) is 5.84 Å². The molecule has 5 N–H and O–H groups in total. The minimum absolute atomic E-state index is 0.415. The molecule has 0 aliphatic rings. The minimum Gasteiger partial charge on any atom is -0.374 e. The summed E-state index contributed by atoms with van der Waals surface area (Å²) in [5.41, 5.74) is 7.52. The van der Waals surface area contributed by atoms with Gasteiger partial charge in [-0.3, -0.25) is 5.43 Å². The van der Waals surface area contributed by atoms with Crippen molar-refractivity contribution in [2.45, 2.75) is 0 Å². The number of rotatable bonds is 1. The van der Waals surface area contributed by atoms with Crippen molar-refractivity contribution < 1.29 is 0 Å². The van der Waals surface area contributed by atoms with E-state index in [0.29, 0.717) is 10.3 Å². The van der Waals surface area contributed by atoms with Gasteiger partial charge in [-0.2, -0.15) is 0 Å². The van der Waals surface area contributed by atoms with Crippen molar-refractivity contribution in [3.63, 3.8) is 0 Å². The molecule has 0 aromatic carbocycles. The minimum atomic E-state index is 0.415. The molecule has 0 radical (unpaired) electrons. The predicted molar refractivity (Wildman–Crippen MR) is 32.1 cm³/mol. The molecule has 0 bridgehead atoms. The van der Waals surface area contributed by atoms with Gasteiger partial charge in [0.05, 0.1) is 0 Å². The fourth-order valence-corrected chi connectivity index (χ4v) is 0.713. The molecule has 1 heterocycles. The zero-order valence-electron chi connectivity index (χ0n) is 3.96. The van der Waals surface area contributed by atoms with Gasteiger partial charge in [0.25, 0.3) is 0 Å². The second kappa shape index (κ2) is 1.93. The molecule has 8 heavy (non-hydrogen) atoms. The van der Waals surface area contributed by atoms with Gasteiger partial charge >= 0.3 is 0 Å². The van der Waals surface area contributed by atoms with Crippen LogP contribution in [0.2, 0.25) is 0 Å². The van der Waals surface area contributed by atoms with Crippen LogP contribution >= 0.6 is 11.3 Å². The van der Waals surface area contributed by atoms with E-state index in [-0.39, 0.29) is 0 Å². The van der Waals surface area contributed by atoms with Gasteiger partial charge in [0.1, 0.15) is 0 Å². The van der Waals surface area contributed by atoms with Gasteiger partial charge < -0.3 is 5.73 Å². The summed E-state index contributed by atoms with van der Waals surface area (Å²) in [4.78, 5) is 0. The van der Waals surface area contributed by atoms with Crippen molar-refractivity contribution >= 4 is 21.6 Å². The third-order valence-electron chi connectivity index (χ3n) is 0.564. The molecule has 1 aromatic rings. The molecule has 6 heteroatoms. The lowest BCUT2D eigenvalue weighted by molar-refractivity contribution is 1.08. The Hall–Kier alpha value is -0.880. The summed E-state index contributed by atoms with van der Waals surface area (Å²) in [5, 5.41) is 7.98. The van der Waals surface area contributed by atoms with Gasteiger partial charge in [-0.25, -0.2) is 5.84 Å². The van der Waals surface area contributed by atoms with E-state index in [1.54, 1.807) is 0 Å². The zero-order chi connectivity index (χ0) is 5.98. The maximum atomic E-state index is 5.20. The van der Waals surface area contributed by atoms with Crippen LogP contribution in [-0.4, -0.2) is 10.2 Å². The molecule has 0 unspecified atom stereocenters. The summed E-state index contributed by atoms with van der Waals surface area (Å²) in [6, 6.07) is 0. The molecule has 44 valence electrons. The molecule has 0 saturated heterocycles. The molecule has 0 spiro atoms. The van der Waals surface area contributed by atoms with Crippen LogP contribution in [0.25, 0.3) is 0 Å². The summed E-state index contributed by atoms with van der Waals surface area (Å²) in [7, 11) is 0. The van der Waals surface area contributed by atoms with Crippen LogP contribution in [0, 0.1) is 0 Å².